The second-order valence-electron chi connectivity index (χ2n) is 3.62. The van der Waals surface area contributed by atoms with Crippen molar-refractivity contribution in [1.82, 2.24) is 9.71 Å². The number of thiazole rings is 1. The van der Waals surface area contributed by atoms with Crippen molar-refractivity contribution in [3.05, 3.63) is 28.2 Å². The Morgan fingerprint density at radius 1 is 1.62 bits per heavy atom. The highest BCUT2D eigenvalue weighted by atomic mass is 32.2. The molecule has 0 bridgehead atoms. The molecule has 0 atom stereocenters. The molecule has 1 aromatic heterocycles. The van der Waals surface area contributed by atoms with Gasteiger partial charge in [-0.15, -0.1) is 11.3 Å². The Balaban J connectivity index is 2.54. The molecule has 0 aliphatic heterocycles. The molecule has 1 aromatic rings. The number of nitrogens with zero attached hydrogens (tertiary/aromatic N) is 1. The summed E-state index contributed by atoms with van der Waals surface area (Å²) in [6.45, 7) is 7.55. The van der Waals surface area contributed by atoms with Gasteiger partial charge < -0.3 is 0 Å². The van der Waals surface area contributed by atoms with Gasteiger partial charge in [-0.05, 0) is 13.3 Å². The number of rotatable bonds is 6. The summed E-state index contributed by atoms with van der Waals surface area (Å²) in [6, 6.07) is 0. The molecule has 0 aliphatic carbocycles. The number of hydrogen-bond donors (Lipinski definition) is 1. The minimum Gasteiger partial charge on any atom is -0.245 e. The van der Waals surface area contributed by atoms with Crippen molar-refractivity contribution < 1.29 is 8.42 Å². The lowest BCUT2D eigenvalue weighted by atomic mass is 10.4. The molecule has 0 radical (unpaired) electrons. The van der Waals surface area contributed by atoms with Crippen LogP contribution in [0.4, 0.5) is 0 Å². The first kappa shape index (κ1) is 13.3. The average molecular weight is 260 g/mol. The van der Waals surface area contributed by atoms with Gasteiger partial charge in [-0.3, -0.25) is 0 Å². The van der Waals surface area contributed by atoms with Gasteiger partial charge in [-0.25, -0.2) is 18.1 Å². The molecule has 0 unspecified atom stereocenters. The lowest BCUT2D eigenvalue weighted by Gasteiger charge is -2.04. The van der Waals surface area contributed by atoms with Crippen LogP contribution in [-0.2, 0) is 23.0 Å². The minimum absolute atomic E-state index is 0.0300. The minimum atomic E-state index is -3.26. The van der Waals surface area contributed by atoms with Gasteiger partial charge in [-0.2, -0.15) is 0 Å². The fraction of sp³-hybridized carbons (Fsp3) is 0.500. The second-order valence-corrected chi connectivity index (χ2v) is 6.37. The highest BCUT2D eigenvalue weighted by molar-refractivity contribution is 7.89. The number of hydrogen-bond acceptors (Lipinski definition) is 4. The average Bonchev–Trinajstić information content (AvgIpc) is 2.60. The fourth-order valence-corrected chi connectivity index (χ4v) is 3.02. The largest absolute Gasteiger partial charge is 0.245 e. The SMILES string of the molecule is C=C(C)CS(=O)(=O)NCc1csc(CC)n1. The molecular weight excluding hydrogens is 244 g/mol. The number of aryl methyl sites for hydroxylation is 1. The van der Waals surface area contributed by atoms with Gasteiger partial charge in [0, 0.05) is 5.38 Å². The van der Waals surface area contributed by atoms with E-state index < -0.39 is 10.0 Å². The molecular formula is C10H16N2O2S2. The van der Waals surface area contributed by atoms with Gasteiger partial charge in [0.15, 0.2) is 0 Å². The Kier molecular flexibility index (Phi) is 4.64. The number of sulfonamides is 1. The van der Waals surface area contributed by atoms with E-state index >= 15 is 0 Å². The predicted molar refractivity (Wildman–Crippen MR) is 66.9 cm³/mol. The van der Waals surface area contributed by atoms with Gasteiger partial charge in [0.2, 0.25) is 10.0 Å². The molecule has 1 N–H and O–H groups in total. The Labute approximate surface area is 100 Å². The third-order valence-electron chi connectivity index (χ3n) is 1.81. The van der Waals surface area contributed by atoms with Crippen LogP contribution in [-0.4, -0.2) is 19.2 Å². The van der Waals surface area contributed by atoms with Gasteiger partial charge in [0.05, 0.1) is 23.0 Å². The van der Waals surface area contributed by atoms with Crippen LogP contribution in [0.1, 0.15) is 24.5 Å². The van der Waals surface area contributed by atoms with E-state index in [1.807, 2.05) is 12.3 Å². The van der Waals surface area contributed by atoms with E-state index in [-0.39, 0.29) is 12.3 Å². The first-order valence-corrected chi connectivity index (χ1v) is 7.51. The predicted octanol–water partition coefficient (Wildman–Crippen LogP) is 1.70. The quantitative estimate of drug-likeness (QED) is 0.792. The van der Waals surface area contributed by atoms with Gasteiger partial charge >= 0.3 is 0 Å². The van der Waals surface area contributed by atoms with Crippen molar-refractivity contribution in [1.29, 1.82) is 0 Å². The zero-order chi connectivity index (χ0) is 12.2. The Bertz CT molecular complexity index is 463. The van der Waals surface area contributed by atoms with Crippen molar-refractivity contribution in [2.75, 3.05) is 5.75 Å². The lowest BCUT2D eigenvalue weighted by Crippen LogP contribution is -2.26. The zero-order valence-electron chi connectivity index (χ0n) is 9.49. The Hall–Kier alpha value is -0.720. The maximum atomic E-state index is 11.5. The normalized spacial score (nSPS) is 11.6. The van der Waals surface area contributed by atoms with Crippen molar-refractivity contribution in [2.45, 2.75) is 26.8 Å². The summed E-state index contributed by atoms with van der Waals surface area (Å²) >= 11 is 1.55. The monoisotopic (exact) mass is 260 g/mol. The van der Waals surface area contributed by atoms with E-state index in [2.05, 4.69) is 16.3 Å². The summed E-state index contributed by atoms with van der Waals surface area (Å²) in [7, 11) is -3.26. The van der Waals surface area contributed by atoms with Crippen molar-refractivity contribution in [2.24, 2.45) is 0 Å². The molecule has 4 nitrogen and oxygen atoms in total. The van der Waals surface area contributed by atoms with Crippen LogP contribution in [0.25, 0.3) is 0 Å². The highest BCUT2D eigenvalue weighted by Crippen LogP contribution is 2.10. The third kappa shape index (κ3) is 4.42. The summed E-state index contributed by atoms with van der Waals surface area (Å²) in [5, 5.41) is 2.90. The van der Waals surface area contributed by atoms with E-state index in [9.17, 15) is 8.42 Å². The summed E-state index contributed by atoms with van der Waals surface area (Å²) in [5.41, 5.74) is 1.40. The van der Waals surface area contributed by atoms with Crippen LogP contribution in [0.15, 0.2) is 17.5 Å². The van der Waals surface area contributed by atoms with Crippen LogP contribution < -0.4 is 4.72 Å². The first-order chi connectivity index (χ1) is 7.43. The van der Waals surface area contributed by atoms with E-state index in [0.29, 0.717) is 5.57 Å². The molecule has 0 amide bonds. The lowest BCUT2D eigenvalue weighted by molar-refractivity contribution is 0.583. The highest BCUT2D eigenvalue weighted by Gasteiger charge is 2.10. The number of nitrogens with one attached hydrogen (secondary N) is 1. The van der Waals surface area contributed by atoms with E-state index in [0.717, 1.165) is 17.1 Å². The van der Waals surface area contributed by atoms with Gasteiger partial charge in [0.25, 0.3) is 0 Å². The standard InChI is InChI=1S/C10H16N2O2S2/c1-4-10-12-9(6-15-10)5-11-16(13,14)7-8(2)3/h6,11H,2,4-5,7H2,1,3H3. The van der Waals surface area contributed by atoms with E-state index in [1.165, 1.54) is 0 Å². The van der Waals surface area contributed by atoms with Crippen molar-refractivity contribution >= 4 is 21.4 Å². The van der Waals surface area contributed by atoms with Crippen molar-refractivity contribution in [3.63, 3.8) is 0 Å². The maximum Gasteiger partial charge on any atom is 0.215 e. The molecule has 90 valence electrons. The molecule has 1 heterocycles. The molecule has 0 aromatic carbocycles. The van der Waals surface area contributed by atoms with E-state index in [4.69, 9.17) is 0 Å². The van der Waals surface area contributed by atoms with Gasteiger partial charge in [-0.1, -0.05) is 19.1 Å². The smallest absolute Gasteiger partial charge is 0.215 e. The maximum absolute atomic E-state index is 11.5. The molecule has 0 saturated carbocycles. The topological polar surface area (TPSA) is 59.1 Å². The first-order valence-electron chi connectivity index (χ1n) is 4.98. The Morgan fingerprint density at radius 2 is 2.31 bits per heavy atom. The summed E-state index contributed by atoms with van der Waals surface area (Å²) in [6.07, 6.45) is 0.878. The van der Waals surface area contributed by atoms with Crippen LogP contribution >= 0.6 is 11.3 Å². The van der Waals surface area contributed by atoms with Crippen LogP contribution in [0, 0.1) is 0 Å². The summed E-state index contributed by atoms with van der Waals surface area (Å²) in [5.74, 6) is -0.0300. The van der Waals surface area contributed by atoms with E-state index in [1.54, 1.807) is 18.3 Å². The fourth-order valence-electron chi connectivity index (χ4n) is 1.15. The zero-order valence-corrected chi connectivity index (χ0v) is 11.1. The third-order valence-corrected chi connectivity index (χ3v) is 4.31. The van der Waals surface area contributed by atoms with Crippen molar-refractivity contribution in [3.8, 4) is 0 Å². The van der Waals surface area contributed by atoms with Crippen LogP contribution in [0.2, 0.25) is 0 Å². The molecule has 0 fully saturated rings. The summed E-state index contributed by atoms with van der Waals surface area (Å²) < 4.78 is 25.5. The van der Waals surface area contributed by atoms with Gasteiger partial charge in [0.1, 0.15) is 0 Å². The van der Waals surface area contributed by atoms with Crippen LogP contribution in [0.5, 0.6) is 0 Å². The molecule has 0 saturated heterocycles. The summed E-state index contributed by atoms with van der Waals surface area (Å²) in [4.78, 5) is 4.28. The molecule has 0 spiro atoms. The van der Waals surface area contributed by atoms with Crippen LogP contribution in [0.3, 0.4) is 0 Å². The molecule has 6 heteroatoms. The molecule has 0 aliphatic rings. The number of aromatic nitrogens is 1. The molecule has 16 heavy (non-hydrogen) atoms. The Morgan fingerprint density at radius 3 is 2.81 bits per heavy atom. The molecule has 1 rings (SSSR count). The second kappa shape index (κ2) is 5.56.